The van der Waals surface area contributed by atoms with Crippen molar-refractivity contribution in [2.45, 2.75) is 246 Å². The van der Waals surface area contributed by atoms with Crippen molar-refractivity contribution >= 4 is 41.2 Å². The molecule has 7 heteroatoms. The van der Waals surface area contributed by atoms with E-state index >= 15 is 0 Å². The van der Waals surface area contributed by atoms with E-state index in [1.807, 2.05) is 23.5 Å². The van der Waals surface area contributed by atoms with E-state index in [1.54, 1.807) is 0 Å². The largest absolute Gasteiger partial charge is 0.461 e. The van der Waals surface area contributed by atoms with Crippen molar-refractivity contribution in [1.29, 1.82) is 0 Å². The van der Waals surface area contributed by atoms with Gasteiger partial charge in [-0.05, 0) is 175 Å². The summed E-state index contributed by atoms with van der Waals surface area (Å²) < 4.78 is 12.9. The van der Waals surface area contributed by atoms with E-state index in [1.165, 1.54) is 77.0 Å². The van der Waals surface area contributed by atoms with Crippen LogP contribution in [-0.4, -0.2) is 52.9 Å². The topological polar surface area (TPSA) is 69.7 Å². The van der Waals surface area contributed by atoms with Crippen molar-refractivity contribution in [1.82, 2.24) is 0 Å². The summed E-state index contributed by atoms with van der Waals surface area (Å²) in [5.74, 6) is 9.02. The average molecular weight is 875 g/mol. The van der Waals surface area contributed by atoms with Gasteiger partial charge in [-0.25, -0.2) is 0 Å². The maximum Gasteiger partial charge on any atom is 0.312 e. The molecule has 0 saturated heterocycles. The van der Waals surface area contributed by atoms with Crippen LogP contribution in [0.1, 0.15) is 234 Å². The quantitative estimate of drug-likeness (QED) is 0.0492. The molecule has 4 fully saturated rings. The highest BCUT2D eigenvalue weighted by Crippen LogP contribution is 2.54. The first-order chi connectivity index (χ1) is 29.0. The molecule has 0 aromatic heterocycles. The second kappa shape index (κ2) is 28.3. The van der Waals surface area contributed by atoms with Gasteiger partial charge in [-0.3, -0.25) is 14.4 Å². The van der Waals surface area contributed by atoms with E-state index < -0.39 is 0 Å². The first-order valence-electron chi connectivity index (χ1n) is 26.1. The SMILES string of the molecule is CCCCCCC(CSCCCCCC(=O)CCCCCSCC(CCCCCC)OC(=O)C1(CC)CC2CC(C)CC(C2)C1)OC(=O)C1(CC)CC2CC(C)CC(C2)C1. The molecule has 4 bridgehead atoms. The summed E-state index contributed by atoms with van der Waals surface area (Å²) in [5.41, 5.74) is -0.517. The van der Waals surface area contributed by atoms with E-state index in [0.717, 1.165) is 138 Å². The summed E-state index contributed by atoms with van der Waals surface area (Å²) in [5, 5.41) is 0. The Hall–Kier alpha value is -0.690. The van der Waals surface area contributed by atoms with Crippen LogP contribution in [0.15, 0.2) is 0 Å². The number of rotatable bonds is 32. The number of unbranched alkanes of at least 4 members (excludes halogenated alkanes) is 10. The fraction of sp³-hybridized carbons (Fsp3) is 0.943. The normalized spacial score (nSPS) is 29.8. The van der Waals surface area contributed by atoms with Gasteiger partial charge in [-0.1, -0.05) is 92.9 Å². The molecular weight excluding hydrogens is 781 g/mol. The lowest BCUT2D eigenvalue weighted by Crippen LogP contribution is -2.44. The highest BCUT2D eigenvalue weighted by atomic mass is 32.2. The van der Waals surface area contributed by atoms with Gasteiger partial charge in [0, 0.05) is 24.3 Å². The summed E-state index contributed by atoms with van der Waals surface area (Å²) in [6, 6.07) is 0. The fourth-order valence-corrected chi connectivity index (χ4v) is 14.6. The van der Waals surface area contributed by atoms with E-state index in [2.05, 4.69) is 41.5 Å². The predicted molar refractivity (Wildman–Crippen MR) is 258 cm³/mol. The van der Waals surface area contributed by atoms with Gasteiger partial charge in [0.15, 0.2) is 0 Å². The Bertz CT molecular complexity index is 1100. The Morgan fingerprint density at radius 3 is 1.22 bits per heavy atom. The van der Waals surface area contributed by atoms with Crippen molar-refractivity contribution in [2.24, 2.45) is 46.3 Å². The highest BCUT2D eigenvalue weighted by molar-refractivity contribution is 7.99. The van der Waals surface area contributed by atoms with E-state index in [0.29, 0.717) is 42.3 Å². The molecule has 0 radical (unpaired) electrons. The summed E-state index contributed by atoms with van der Waals surface area (Å²) in [6.07, 6.45) is 33.3. The zero-order valence-electron chi connectivity index (χ0n) is 40.0. The van der Waals surface area contributed by atoms with Crippen LogP contribution in [0, 0.1) is 46.3 Å². The van der Waals surface area contributed by atoms with E-state index in [9.17, 15) is 14.4 Å². The van der Waals surface area contributed by atoms with Crippen LogP contribution >= 0.6 is 23.5 Å². The van der Waals surface area contributed by atoms with Crippen molar-refractivity contribution < 1.29 is 23.9 Å². The van der Waals surface area contributed by atoms with Gasteiger partial charge >= 0.3 is 11.9 Å². The molecule has 6 atom stereocenters. The summed E-state index contributed by atoms with van der Waals surface area (Å²) in [6.45, 7) is 13.7. The molecule has 0 spiro atoms. The second-order valence-electron chi connectivity index (χ2n) is 21.2. The second-order valence-corrected chi connectivity index (χ2v) is 23.5. The molecule has 0 aromatic rings. The number of thioether (sulfide) groups is 2. The maximum atomic E-state index is 13.9. The molecule has 4 saturated carbocycles. The van der Waals surface area contributed by atoms with Gasteiger partial charge in [0.2, 0.25) is 0 Å². The first kappa shape index (κ1) is 51.9. The van der Waals surface area contributed by atoms with Gasteiger partial charge in [-0.15, -0.1) is 0 Å². The molecule has 0 amide bonds. The van der Waals surface area contributed by atoms with Crippen LogP contribution in [0.25, 0.3) is 0 Å². The number of carbonyl (C=O) groups excluding carboxylic acids is 3. The summed E-state index contributed by atoms with van der Waals surface area (Å²) in [7, 11) is 0. The van der Waals surface area contributed by atoms with Gasteiger partial charge in [-0.2, -0.15) is 23.5 Å². The maximum absolute atomic E-state index is 13.9. The molecule has 4 aliphatic rings. The van der Waals surface area contributed by atoms with Crippen LogP contribution in [0.3, 0.4) is 0 Å². The highest BCUT2D eigenvalue weighted by Gasteiger charge is 2.50. The smallest absolute Gasteiger partial charge is 0.312 e. The van der Waals surface area contributed by atoms with Gasteiger partial charge in [0.1, 0.15) is 18.0 Å². The molecule has 0 aliphatic heterocycles. The minimum Gasteiger partial charge on any atom is -0.461 e. The Balaban J connectivity index is 1.06. The zero-order chi connectivity index (χ0) is 43.2. The molecule has 0 aromatic carbocycles. The number of hydrogen-bond donors (Lipinski definition) is 0. The molecule has 4 rings (SSSR count). The molecular formula is C53H94O5S2. The average Bonchev–Trinajstić information content (AvgIpc) is 3.21. The number of esters is 2. The standard InChI is InChI=1S/C53H94O5S2/c1-7-11-13-19-25-48(57-50(55)52(9-3)35-43-29-41(5)30-44(33-43)36-52)39-59-27-21-15-17-23-47(54)24-18-16-22-28-60-40-49(26-20-14-12-8-2)58-51(56)53(10-4)37-45-31-42(6)32-46(34-45)38-53/h41-46,48-49H,7-40H2,1-6H3. The number of Topliss-reactive ketones (excluding diaryl/α,β-unsaturated/α-hetero) is 1. The monoisotopic (exact) mass is 875 g/mol. The predicted octanol–water partition coefficient (Wildman–Crippen LogP) is 15.4. The van der Waals surface area contributed by atoms with Crippen LogP contribution in [0.5, 0.6) is 0 Å². The number of ether oxygens (including phenoxy) is 2. The Morgan fingerprint density at radius 1 is 0.500 bits per heavy atom. The lowest BCUT2D eigenvalue weighted by Gasteiger charge is -2.47. The molecule has 348 valence electrons. The molecule has 5 nitrogen and oxygen atoms in total. The van der Waals surface area contributed by atoms with Gasteiger partial charge in [0.05, 0.1) is 10.8 Å². The van der Waals surface area contributed by atoms with Crippen molar-refractivity contribution in [2.75, 3.05) is 23.0 Å². The molecule has 6 unspecified atom stereocenters. The minimum atomic E-state index is -0.259. The third-order valence-electron chi connectivity index (χ3n) is 15.6. The first-order valence-corrected chi connectivity index (χ1v) is 28.4. The van der Waals surface area contributed by atoms with E-state index in [4.69, 9.17) is 9.47 Å². The molecule has 60 heavy (non-hydrogen) atoms. The number of ketones is 1. The number of hydrogen-bond acceptors (Lipinski definition) is 7. The summed E-state index contributed by atoms with van der Waals surface area (Å²) >= 11 is 3.90. The lowest BCUT2D eigenvalue weighted by atomic mass is 9.58. The Morgan fingerprint density at radius 2 is 0.867 bits per heavy atom. The third kappa shape index (κ3) is 17.7. The number of fused-ring (bicyclic) bond motifs is 4. The van der Waals surface area contributed by atoms with Crippen LogP contribution in [0.2, 0.25) is 0 Å². The van der Waals surface area contributed by atoms with Gasteiger partial charge < -0.3 is 9.47 Å². The number of carbonyl (C=O) groups is 3. The zero-order valence-corrected chi connectivity index (χ0v) is 41.7. The summed E-state index contributed by atoms with van der Waals surface area (Å²) in [4.78, 5) is 40.4. The van der Waals surface area contributed by atoms with E-state index in [-0.39, 0.29) is 35.0 Å². The fourth-order valence-electron chi connectivity index (χ4n) is 12.5. The third-order valence-corrected chi connectivity index (χ3v) is 18.0. The molecule has 4 aliphatic carbocycles. The van der Waals surface area contributed by atoms with Crippen molar-refractivity contribution in [3.05, 3.63) is 0 Å². The lowest BCUT2D eigenvalue weighted by molar-refractivity contribution is -0.168. The van der Waals surface area contributed by atoms with Crippen LogP contribution in [0.4, 0.5) is 0 Å². The minimum absolute atomic E-state index is 0.0291. The van der Waals surface area contributed by atoms with Crippen molar-refractivity contribution in [3.63, 3.8) is 0 Å². The van der Waals surface area contributed by atoms with Crippen LogP contribution < -0.4 is 0 Å². The Labute approximate surface area is 379 Å². The molecule has 0 N–H and O–H groups in total. The Kier molecular flexibility index (Phi) is 24.5. The van der Waals surface area contributed by atoms with Crippen LogP contribution in [-0.2, 0) is 23.9 Å². The van der Waals surface area contributed by atoms with Gasteiger partial charge in [0.25, 0.3) is 0 Å². The molecule has 0 heterocycles. The van der Waals surface area contributed by atoms with Crippen molar-refractivity contribution in [3.8, 4) is 0 Å².